The van der Waals surface area contributed by atoms with Crippen molar-refractivity contribution in [3.05, 3.63) is 77.6 Å². The Morgan fingerprint density at radius 1 is 0.879 bits per heavy atom. The zero-order valence-corrected chi connectivity index (χ0v) is 19.7. The van der Waals surface area contributed by atoms with Crippen LogP contribution in [0.15, 0.2) is 65.6 Å². The summed E-state index contributed by atoms with van der Waals surface area (Å²) in [5, 5.41) is 22.0. The highest BCUT2D eigenvalue weighted by Gasteiger charge is 2.10. The summed E-state index contributed by atoms with van der Waals surface area (Å²) in [7, 11) is 0. The first-order valence-corrected chi connectivity index (χ1v) is 11.6. The Hall–Kier alpha value is -3.85. The van der Waals surface area contributed by atoms with Crippen LogP contribution in [0.1, 0.15) is 17.0 Å². The Labute approximate surface area is 196 Å². The van der Waals surface area contributed by atoms with Gasteiger partial charge in [0.1, 0.15) is 0 Å². The van der Waals surface area contributed by atoms with Gasteiger partial charge in [0.25, 0.3) is 0 Å². The van der Waals surface area contributed by atoms with E-state index < -0.39 is 0 Å². The fourth-order valence-electron chi connectivity index (χ4n) is 3.23. The van der Waals surface area contributed by atoms with Crippen molar-refractivity contribution in [3.63, 3.8) is 0 Å². The fraction of sp³-hybridized carbons (Fsp3) is 0.167. The number of hydrogen-bond donors (Lipinski definition) is 3. The molecule has 2 aromatic heterocycles. The van der Waals surface area contributed by atoms with Gasteiger partial charge in [0.2, 0.25) is 0 Å². The second kappa shape index (κ2) is 9.74. The second-order valence-electron chi connectivity index (χ2n) is 7.50. The van der Waals surface area contributed by atoms with Crippen molar-refractivity contribution in [1.82, 2.24) is 20.0 Å². The van der Waals surface area contributed by atoms with E-state index in [0.717, 1.165) is 33.2 Å². The molecule has 168 valence electrons. The van der Waals surface area contributed by atoms with Crippen molar-refractivity contribution < 1.29 is 4.79 Å². The van der Waals surface area contributed by atoms with E-state index in [4.69, 9.17) is 0 Å². The van der Waals surface area contributed by atoms with Gasteiger partial charge in [0.05, 0.1) is 5.69 Å². The molecule has 2 heterocycles. The molecule has 0 saturated heterocycles. The molecule has 9 heteroatoms. The number of thioether (sulfide) groups is 1. The molecule has 0 bridgehead atoms. The first-order valence-electron chi connectivity index (χ1n) is 10.4. The van der Waals surface area contributed by atoms with Gasteiger partial charge in [-0.05, 0) is 87.2 Å². The number of benzene rings is 2. The van der Waals surface area contributed by atoms with Gasteiger partial charge < -0.3 is 16.0 Å². The predicted octanol–water partition coefficient (Wildman–Crippen LogP) is 5.70. The molecule has 0 aliphatic carbocycles. The third-order valence-corrected chi connectivity index (χ3v) is 5.99. The van der Waals surface area contributed by atoms with Crippen molar-refractivity contribution in [2.24, 2.45) is 0 Å². The van der Waals surface area contributed by atoms with Crippen LogP contribution in [0.4, 0.5) is 27.7 Å². The van der Waals surface area contributed by atoms with Gasteiger partial charge in [-0.1, -0.05) is 6.07 Å². The number of hydrogen-bond acceptors (Lipinski definition) is 6. The summed E-state index contributed by atoms with van der Waals surface area (Å²) in [4.78, 5) is 13.4. The Kier molecular flexibility index (Phi) is 6.60. The van der Waals surface area contributed by atoms with E-state index >= 15 is 0 Å². The summed E-state index contributed by atoms with van der Waals surface area (Å²) in [5.41, 5.74) is 5.43. The van der Waals surface area contributed by atoms with E-state index in [1.807, 2.05) is 87.7 Å². The minimum Gasteiger partial charge on any atom is -0.339 e. The molecule has 4 rings (SSSR count). The van der Waals surface area contributed by atoms with Gasteiger partial charge >= 0.3 is 6.03 Å². The second-order valence-corrected chi connectivity index (χ2v) is 8.38. The van der Waals surface area contributed by atoms with Gasteiger partial charge in [0.15, 0.2) is 11.6 Å². The maximum absolute atomic E-state index is 12.3. The van der Waals surface area contributed by atoms with Crippen molar-refractivity contribution in [3.8, 4) is 5.82 Å². The average molecular weight is 460 g/mol. The number of anilines is 4. The minimum absolute atomic E-state index is 0.296. The molecule has 33 heavy (non-hydrogen) atoms. The number of aromatic nitrogens is 4. The van der Waals surface area contributed by atoms with Gasteiger partial charge in [-0.15, -0.1) is 22.0 Å². The summed E-state index contributed by atoms with van der Waals surface area (Å²) in [6.07, 6.45) is 2.00. The normalized spacial score (nSPS) is 10.7. The number of aryl methyl sites for hydroxylation is 1. The van der Waals surface area contributed by atoms with Crippen LogP contribution in [0, 0.1) is 20.8 Å². The molecule has 0 aliphatic rings. The third kappa shape index (κ3) is 5.32. The largest absolute Gasteiger partial charge is 0.339 e. The molecule has 2 amide bonds. The van der Waals surface area contributed by atoms with Crippen molar-refractivity contribution >= 4 is 40.7 Å². The molecule has 0 saturated carbocycles. The lowest BCUT2D eigenvalue weighted by Gasteiger charge is -2.10. The Balaban J connectivity index is 1.36. The number of carbonyl (C=O) groups is 1. The highest BCUT2D eigenvalue weighted by molar-refractivity contribution is 7.98. The lowest BCUT2D eigenvalue weighted by Crippen LogP contribution is -2.19. The topological polar surface area (TPSA) is 96.8 Å². The molecule has 0 spiro atoms. The number of carbonyl (C=O) groups excluding carboxylic acids is 1. The van der Waals surface area contributed by atoms with Crippen LogP contribution in [0.25, 0.3) is 5.82 Å². The quantitative estimate of drug-likeness (QED) is 0.320. The molecule has 0 aliphatic heterocycles. The van der Waals surface area contributed by atoms with Crippen LogP contribution in [0.5, 0.6) is 0 Å². The standard InChI is InChI=1S/C24H25N7OS/c1-15-16(2)30-31(17(15)3)23-13-12-22(28-29-23)25-18-8-10-19(11-9-18)26-24(32)27-20-6-5-7-21(14-20)33-4/h5-14H,1-4H3,(H,25,28)(H2,26,27,32). The molecule has 2 aromatic carbocycles. The van der Waals surface area contributed by atoms with E-state index in [-0.39, 0.29) is 6.03 Å². The van der Waals surface area contributed by atoms with Crippen molar-refractivity contribution in [1.29, 1.82) is 0 Å². The number of urea groups is 1. The zero-order valence-electron chi connectivity index (χ0n) is 18.9. The molecule has 4 aromatic rings. The summed E-state index contributed by atoms with van der Waals surface area (Å²) < 4.78 is 1.80. The first-order chi connectivity index (χ1) is 15.9. The van der Waals surface area contributed by atoms with E-state index in [0.29, 0.717) is 17.3 Å². The van der Waals surface area contributed by atoms with Crippen LogP contribution in [-0.2, 0) is 0 Å². The molecule has 0 radical (unpaired) electrons. The third-order valence-electron chi connectivity index (χ3n) is 5.26. The van der Waals surface area contributed by atoms with E-state index in [9.17, 15) is 4.79 Å². The van der Waals surface area contributed by atoms with E-state index in [1.165, 1.54) is 0 Å². The summed E-state index contributed by atoms with van der Waals surface area (Å²) in [6, 6.07) is 18.5. The number of rotatable bonds is 6. The van der Waals surface area contributed by atoms with E-state index in [1.54, 1.807) is 16.4 Å². The van der Waals surface area contributed by atoms with Gasteiger partial charge in [-0.3, -0.25) is 0 Å². The van der Waals surface area contributed by atoms with Crippen LogP contribution in [0.2, 0.25) is 0 Å². The fourth-order valence-corrected chi connectivity index (χ4v) is 3.69. The highest BCUT2D eigenvalue weighted by Crippen LogP contribution is 2.21. The lowest BCUT2D eigenvalue weighted by atomic mass is 10.2. The first kappa shape index (κ1) is 22.3. The zero-order chi connectivity index (χ0) is 23.4. The minimum atomic E-state index is -0.296. The number of amides is 2. The maximum Gasteiger partial charge on any atom is 0.323 e. The Bertz CT molecular complexity index is 1270. The van der Waals surface area contributed by atoms with Gasteiger partial charge in [-0.25, -0.2) is 9.48 Å². The Morgan fingerprint density at radius 3 is 2.24 bits per heavy atom. The number of nitrogens with one attached hydrogen (secondary N) is 3. The molecular formula is C24H25N7OS. The van der Waals surface area contributed by atoms with Crippen LogP contribution in [-0.4, -0.2) is 32.3 Å². The summed E-state index contributed by atoms with van der Waals surface area (Å²) >= 11 is 1.63. The summed E-state index contributed by atoms with van der Waals surface area (Å²) in [5.74, 6) is 1.28. The average Bonchev–Trinajstić information content (AvgIpc) is 3.08. The monoisotopic (exact) mass is 459 g/mol. The van der Waals surface area contributed by atoms with Crippen LogP contribution >= 0.6 is 11.8 Å². The van der Waals surface area contributed by atoms with Gasteiger partial charge in [-0.2, -0.15) is 5.10 Å². The molecule has 0 unspecified atom stereocenters. The smallest absolute Gasteiger partial charge is 0.323 e. The molecule has 0 fully saturated rings. The highest BCUT2D eigenvalue weighted by atomic mass is 32.2. The molecule has 0 atom stereocenters. The lowest BCUT2D eigenvalue weighted by molar-refractivity contribution is 0.262. The van der Waals surface area contributed by atoms with Gasteiger partial charge in [0, 0.05) is 27.7 Å². The van der Waals surface area contributed by atoms with Crippen molar-refractivity contribution in [2.45, 2.75) is 25.7 Å². The number of nitrogens with zero attached hydrogens (tertiary/aromatic N) is 4. The predicted molar refractivity (Wildman–Crippen MR) is 134 cm³/mol. The SMILES string of the molecule is CSc1cccc(NC(=O)Nc2ccc(Nc3ccc(-n4nc(C)c(C)c4C)nn3)cc2)c1. The summed E-state index contributed by atoms with van der Waals surface area (Å²) in [6.45, 7) is 6.04. The maximum atomic E-state index is 12.3. The molecule has 3 N–H and O–H groups in total. The van der Waals surface area contributed by atoms with Crippen molar-refractivity contribution in [2.75, 3.05) is 22.2 Å². The van der Waals surface area contributed by atoms with Crippen LogP contribution < -0.4 is 16.0 Å². The Morgan fingerprint density at radius 2 is 1.61 bits per heavy atom. The molecule has 8 nitrogen and oxygen atoms in total. The molecular weight excluding hydrogens is 434 g/mol. The van der Waals surface area contributed by atoms with E-state index in [2.05, 4.69) is 31.2 Å². The van der Waals surface area contributed by atoms with Crippen LogP contribution in [0.3, 0.4) is 0 Å².